The summed E-state index contributed by atoms with van der Waals surface area (Å²) in [5, 5.41) is 2.95. The second-order valence-electron chi connectivity index (χ2n) is 4.85. The number of benzene rings is 1. The molecule has 0 bridgehead atoms. The van der Waals surface area contributed by atoms with Crippen molar-refractivity contribution in [1.29, 1.82) is 0 Å². The van der Waals surface area contributed by atoms with E-state index >= 15 is 0 Å². The van der Waals surface area contributed by atoms with Crippen molar-refractivity contribution < 1.29 is 18.7 Å². The second-order valence-corrected chi connectivity index (χ2v) is 5.88. The third-order valence-corrected chi connectivity index (χ3v) is 4.21. The van der Waals surface area contributed by atoms with Gasteiger partial charge in [0.05, 0.1) is 23.4 Å². The summed E-state index contributed by atoms with van der Waals surface area (Å²) in [7, 11) is 0. The first kappa shape index (κ1) is 14.9. The third-order valence-electron chi connectivity index (χ3n) is 3.27. The van der Waals surface area contributed by atoms with Gasteiger partial charge in [-0.2, -0.15) is 0 Å². The zero-order chi connectivity index (χ0) is 15.5. The van der Waals surface area contributed by atoms with Crippen LogP contribution in [0.15, 0.2) is 18.2 Å². The van der Waals surface area contributed by atoms with Crippen LogP contribution < -0.4 is 5.32 Å². The number of nitrogens with one attached hydrogen (secondary N) is 1. The van der Waals surface area contributed by atoms with Gasteiger partial charge in [0.25, 0.3) is 0 Å². The summed E-state index contributed by atoms with van der Waals surface area (Å²) in [5.41, 5.74) is 0.612. The standard InChI is InChI=1S/C14H14FN3O3S/c15-9-1-2-10-11(7-9)22-14(16-10)17-12(19)8-13(20)18-3-5-21-6-4-18/h1-2,7H,3-6,8H2,(H,16,17,19). The van der Waals surface area contributed by atoms with E-state index in [1.54, 1.807) is 11.0 Å². The summed E-state index contributed by atoms with van der Waals surface area (Å²) in [5.74, 6) is -1.000. The molecule has 116 valence electrons. The Hall–Kier alpha value is -2.06. The Morgan fingerprint density at radius 3 is 2.91 bits per heavy atom. The predicted octanol–water partition coefficient (Wildman–Crippen LogP) is 1.62. The lowest BCUT2D eigenvalue weighted by Gasteiger charge is -2.26. The highest BCUT2D eigenvalue weighted by Gasteiger charge is 2.20. The monoisotopic (exact) mass is 323 g/mol. The number of thiazole rings is 1. The molecule has 1 aliphatic rings. The molecule has 22 heavy (non-hydrogen) atoms. The Morgan fingerprint density at radius 1 is 1.36 bits per heavy atom. The second kappa shape index (κ2) is 6.37. The van der Waals surface area contributed by atoms with Crippen molar-refractivity contribution in [3.63, 3.8) is 0 Å². The normalized spacial score (nSPS) is 15.0. The Bertz CT molecular complexity index is 712. The minimum absolute atomic E-state index is 0.229. The van der Waals surface area contributed by atoms with Gasteiger partial charge in [-0.3, -0.25) is 9.59 Å². The number of rotatable bonds is 3. The summed E-state index contributed by atoms with van der Waals surface area (Å²) in [4.78, 5) is 29.7. The maximum atomic E-state index is 13.1. The molecule has 0 saturated carbocycles. The van der Waals surface area contributed by atoms with Crippen LogP contribution >= 0.6 is 11.3 Å². The number of fused-ring (bicyclic) bond motifs is 1. The first-order valence-corrected chi connectivity index (χ1v) is 7.65. The van der Waals surface area contributed by atoms with Crippen LogP contribution in [0, 0.1) is 5.82 Å². The lowest BCUT2D eigenvalue weighted by molar-refractivity contribution is -0.138. The smallest absolute Gasteiger partial charge is 0.235 e. The quantitative estimate of drug-likeness (QED) is 0.872. The zero-order valence-corrected chi connectivity index (χ0v) is 12.5. The Balaban J connectivity index is 1.61. The highest BCUT2D eigenvalue weighted by atomic mass is 32.1. The van der Waals surface area contributed by atoms with E-state index in [0.717, 1.165) is 0 Å². The molecule has 1 aromatic heterocycles. The molecule has 0 spiro atoms. The van der Waals surface area contributed by atoms with Gasteiger partial charge in [-0.05, 0) is 18.2 Å². The van der Waals surface area contributed by atoms with Gasteiger partial charge >= 0.3 is 0 Å². The van der Waals surface area contributed by atoms with Crippen LogP contribution in [-0.4, -0.2) is 48.0 Å². The van der Waals surface area contributed by atoms with Crippen LogP contribution in [0.25, 0.3) is 10.2 Å². The van der Waals surface area contributed by atoms with Crippen LogP contribution in [0.5, 0.6) is 0 Å². The molecule has 2 aromatic rings. The molecule has 2 amide bonds. The van der Waals surface area contributed by atoms with Crippen molar-refractivity contribution in [2.24, 2.45) is 0 Å². The Labute approximate surface area is 129 Å². The molecule has 1 aromatic carbocycles. The number of aromatic nitrogens is 1. The molecule has 0 radical (unpaired) electrons. The van der Waals surface area contributed by atoms with Gasteiger partial charge in [0.1, 0.15) is 12.2 Å². The van der Waals surface area contributed by atoms with E-state index < -0.39 is 5.91 Å². The summed E-state index contributed by atoms with van der Waals surface area (Å²) in [6, 6.07) is 4.23. The topological polar surface area (TPSA) is 71.5 Å². The van der Waals surface area contributed by atoms with Gasteiger partial charge in [-0.1, -0.05) is 11.3 Å². The fraction of sp³-hybridized carbons (Fsp3) is 0.357. The summed E-state index contributed by atoms with van der Waals surface area (Å²) in [6.45, 7) is 2.01. The lowest BCUT2D eigenvalue weighted by atomic mass is 10.3. The molecular weight excluding hydrogens is 309 g/mol. The Kier molecular flexibility index (Phi) is 4.30. The summed E-state index contributed by atoms with van der Waals surface area (Å²) in [6.07, 6.45) is -0.232. The zero-order valence-electron chi connectivity index (χ0n) is 11.7. The summed E-state index contributed by atoms with van der Waals surface area (Å²) < 4.78 is 18.9. The fourth-order valence-electron chi connectivity index (χ4n) is 2.18. The number of amides is 2. The highest BCUT2D eigenvalue weighted by Crippen LogP contribution is 2.26. The van der Waals surface area contributed by atoms with Gasteiger partial charge < -0.3 is 15.0 Å². The molecule has 1 fully saturated rings. The number of ether oxygens (including phenoxy) is 1. The molecular formula is C14H14FN3O3S. The average Bonchev–Trinajstić information content (AvgIpc) is 2.89. The van der Waals surface area contributed by atoms with Crippen LogP contribution in [-0.2, 0) is 14.3 Å². The summed E-state index contributed by atoms with van der Waals surface area (Å²) >= 11 is 1.17. The molecule has 1 saturated heterocycles. The SMILES string of the molecule is O=C(CC(=O)N1CCOCC1)Nc1nc2ccc(F)cc2s1. The molecule has 6 nitrogen and oxygen atoms in total. The molecule has 2 heterocycles. The number of hydrogen-bond acceptors (Lipinski definition) is 5. The van der Waals surface area contributed by atoms with Crippen molar-refractivity contribution >= 4 is 38.5 Å². The number of carbonyl (C=O) groups excluding carboxylic acids is 2. The van der Waals surface area contributed by atoms with E-state index in [9.17, 15) is 14.0 Å². The number of hydrogen-bond donors (Lipinski definition) is 1. The average molecular weight is 323 g/mol. The first-order valence-electron chi connectivity index (χ1n) is 6.83. The van der Waals surface area contributed by atoms with Gasteiger partial charge in [0, 0.05) is 13.1 Å². The maximum Gasteiger partial charge on any atom is 0.235 e. The largest absolute Gasteiger partial charge is 0.378 e. The van der Waals surface area contributed by atoms with Crippen LogP contribution in [0.1, 0.15) is 6.42 Å². The molecule has 1 N–H and O–H groups in total. The molecule has 3 rings (SSSR count). The van der Waals surface area contributed by atoms with Crippen LogP contribution in [0.3, 0.4) is 0 Å². The van der Waals surface area contributed by atoms with Crippen molar-refractivity contribution in [3.8, 4) is 0 Å². The van der Waals surface area contributed by atoms with Gasteiger partial charge in [-0.15, -0.1) is 0 Å². The fourth-order valence-corrected chi connectivity index (χ4v) is 3.08. The third kappa shape index (κ3) is 3.40. The Morgan fingerprint density at radius 2 is 2.14 bits per heavy atom. The minimum Gasteiger partial charge on any atom is -0.378 e. The van der Waals surface area contributed by atoms with E-state index in [0.29, 0.717) is 41.7 Å². The van der Waals surface area contributed by atoms with E-state index in [-0.39, 0.29) is 18.1 Å². The van der Waals surface area contributed by atoms with Crippen molar-refractivity contribution in [2.45, 2.75) is 6.42 Å². The van der Waals surface area contributed by atoms with E-state index in [1.807, 2.05) is 0 Å². The number of halogens is 1. The van der Waals surface area contributed by atoms with Gasteiger partial charge in [0.2, 0.25) is 11.8 Å². The minimum atomic E-state index is -0.420. The maximum absolute atomic E-state index is 13.1. The van der Waals surface area contributed by atoms with Crippen LogP contribution in [0.4, 0.5) is 9.52 Å². The van der Waals surface area contributed by atoms with Crippen LogP contribution in [0.2, 0.25) is 0 Å². The van der Waals surface area contributed by atoms with Gasteiger partial charge in [0.15, 0.2) is 5.13 Å². The van der Waals surface area contributed by atoms with E-state index in [2.05, 4.69) is 10.3 Å². The molecule has 0 atom stereocenters. The molecule has 1 aliphatic heterocycles. The number of morpholine rings is 1. The highest BCUT2D eigenvalue weighted by molar-refractivity contribution is 7.22. The molecule has 8 heteroatoms. The first-order chi connectivity index (χ1) is 10.6. The predicted molar refractivity (Wildman–Crippen MR) is 80.2 cm³/mol. The number of anilines is 1. The van der Waals surface area contributed by atoms with Crippen molar-refractivity contribution in [3.05, 3.63) is 24.0 Å². The van der Waals surface area contributed by atoms with E-state index in [1.165, 1.54) is 23.5 Å². The lowest BCUT2D eigenvalue weighted by Crippen LogP contribution is -2.41. The number of nitrogens with zero attached hydrogens (tertiary/aromatic N) is 2. The molecule has 0 aliphatic carbocycles. The van der Waals surface area contributed by atoms with Gasteiger partial charge in [-0.25, -0.2) is 9.37 Å². The van der Waals surface area contributed by atoms with E-state index in [4.69, 9.17) is 4.74 Å². The molecule has 0 unspecified atom stereocenters. The van der Waals surface area contributed by atoms with Crippen molar-refractivity contribution in [2.75, 3.05) is 31.6 Å². The van der Waals surface area contributed by atoms with Crippen molar-refractivity contribution in [1.82, 2.24) is 9.88 Å². The number of carbonyl (C=O) groups is 2.